The van der Waals surface area contributed by atoms with Crippen molar-refractivity contribution in [2.75, 3.05) is 81.9 Å². The molecule has 11 heteroatoms. The number of aromatic nitrogens is 4. The number of aliphatic hydroxyl groups is 1. The van der Waals surface area contributed by atoms with Crippen molar-refractivity contribution in [1.82, 2.24) is 30.0 Å². The minimum absolute atomic E-state index is 0.0654. The summed E-state index contributed by atoms with van der Waals surface area (Å²) in [5.41, 5.74) is 0. The SMILES string of the molecule is O=C(COc1ncccn1)N1CCN(c2ccc(N3CCN(CCO)CC3)nn2)CC1. The van der Waals surface area contributed by atoms with E-state index in [4.69, 9.17) is 9.84 Å². The molecule has 2 aliphatic heterocycles. The summed E-state index contributed by atoms with van der Waals surface area (Å²) in [4.78, 5) is 28.7. The van der Waals surface area contributed by atoms with Crippen LogP contribution in [0.4, 0.5) is 11.6 Å². The van der Waals surface area contributed by atoms with Crippen LogP contribution in [0.15, 0.2) is 30.6 Å². The van der Waals surface area contributed by atoms with Gasteiger partial charge >= 0.3 is 6.01 Å². The molecule has 0 radical (unpaired) electrons. The highest BCUT2D eigenvalue weighted by Gasteiger charge is 2.23. The van der Waals surface area contributed by atoms with Crippen molar-refractivity contribution in [3.05, 3.63) is 30.6 Å². The molecule has 0 bridgehead atoms. The molecular formula is C20H28N8O3. The van der Waals surface area contributed by atoms with E-state index in [-0.39, 0.29) is 25.1 Å². The molecule has 166 valence electrons. The minimum Gasteiger partial charge on any atom is -0.453 e. The van der Waals surface area contributed by atoms with Crippen LogP contribution < -0.4 is 14.5 Å². The number of β-amino-alcohol motifs (C(OH)–C–C–N with tert-alkyl or cyclic N) is 1. The molecule has 1 N–H and O–H groups in total. The average molecular weight is 428 g/mol. The maximum absolute atomic E-state index is 12.4. The first-order chi connectivity index (χ1) is 15.2. The van der Waals surface area contributed by atoms with Crippen molar-refractivity contribution < 1.29 is 14.6 Å². The largest absolute Gasteiger partial charge is 0.453 e. The van der Waals surface area contributed by atoms with E-state index in [1.165, 1.54) is 0 Å². The lowest BCUT2D eigenvalue weighted by molar-refractivity contribution is -0.133. The highest BCUT2D eigenvalue weighted by Crippen LogP contribution is 2.18. The Labute approximate surface area is 181 Å². The Balaban J connectivity index is 1.23. The summed E-state index contributed by atoms with van der Waals surface area (Å²) in [5.74, 6) is 1.62. The van der Waals surface area contributed by atoms with Crippen LogP contribution in [0.2, 0.25) is 0 Å². The van der Waals surface area contributed by atoms with Gasteiger partial charge in [0.15, 0.2) is 18.2 Å². The molecule has 0 saturated carbocycles. The third-order valence-electron chi connectivity index (χ3n) is 5.57. The van der Waals surface area contributed by atoms with Gasteiger partial charge in [0.2, 0.25) is 0 Å². The summed E-state index contributed by atoms with van der Waals surface area (Å²) in [7, 11) is 0. The molecule has 31 heavy (non-hydrogen) atoms. The Hall–Kier alpha value is -3.05. The monoisotopic (exact) mass is 428 g/mol. The third-order valence-corrected chi connectivity index (χ3v) is 5.57. The van der Waals surface area contributed by atoms with E-state index >= 15 is 0 Å². The van der Waals surface area contributed by atoms with E-state index in [2.05, 4.69) is 34.9 Å². The Morgan fingerprint density at radius 1 is 0.903 bits per heavy atom. The van der Waals surface area contributed by atoms with Crippen molar-refractivity contribution >= 4 is 17.5 Å². The van der Waals surface area contributed by atoms with Crippen LogP contribution in [0, 0.1) is 0 Å². The van der Waals surface area contributed by atoms with Gasteiger partial charge in [-0.15, -0.1) is 10.2 Å². The Bertz CT molecular complexity index is 822. The maximum atomic E-state index is 12.4. The molecule has 2 aromatic heterocycles. The first-order valence-electron chi connectivity index (χ1n) is 10.6. The molecule has 0 aromatic carbocycles. The van der Waals surface area contributed by atoms with Crippen molar-refractivity contribution in [2.24, 2.45) is 0 Å². The fraction of sp³-hybridized carbons (Fsp3) is 0.550. The zero-order valence-corrected chi connectivity index (χ0v) is 17.5. The second-order valence-corrected chi connectivity index (χ2v) is 7.49. The molecule has 1 amide bonds. The third kappa shape index (κ3) is 5.56. The lowest BCUT2D eigenvalue weighted by atomic mass is 10.3. The Kier molecular flexibility index (Phi) is 7.05. The molecule has 11 nitrogen and oxygen atoms in total. The minimum atomic E-state index is -0.0751. The van der Waals surface area contributed by atoms with E-state index in [1.54, 1.807) is 23.4 Å². The van der Waals surface area contributed by atoms with Crippen LogP contribution in [0.5, 0.6) is 6.01 Å². The van der Waals surface area contributed by atoms with Gasteiger partial charge in [-0.05, 0) is 18.2 Å². The summed E-state index contributed by atoms with van der Waals surface area (Å²) in [6.07, 6.45) is 3.16. The molecule has 0 unspecified atom stereocenters. The zero-order chi connectivity index (χ0) is 21.5. The van der Waals surface area contributed by atoms with Gasteiger partial charge in [0.05, 0.1) is 6.61 Å². The Morgan fingerprint density at radius 3 is 2.03 bits per heavy atom. The molecule has 4 rings (SSSR count). The van der Waals surface area contributed by atoms with Gasteiger partial charge in [0.25, 0.3) is 5.91 Å². The molecular weight excluding hydrogens is 400 g/mol. The number of anilines is 2. The van der Waals surface area contributed by atoms with Crippen LogP contribution in [0.1, 0.15) is 0 Å². The van der Waals surface area contributed by atoms with Gasteiger partial charge in [-0.3, -0.25) is 9.69 Å². The normalized spacial score (nSPS) is 17.6. The average Bonchev–Trinajstić information content (AvgIpc) is 2.84. The number of piperazine rings is 2. The fourth-order valence-corrected chi connectivity index (χ4v) is 3.76. The zero-order valence-electron chi connectivity index (χ0n) is 17.5. The van der Waals surface area contributed by atoms with E-state index in [0.717, 1.165) is 44.4 Å². The first kappa shape index (κ1) is 21.2. The standard InChI is InChI=1S/C20H28N8O3/c29-15-14-25-6-8-26(9-7-25)17-2-3-18(24-23-17)27-10-12-28(13-11-27)19(30)16-31-20-21-4-1-5-22-20/h1-5,29H,6-16H2. The summed E-state index contributed by atoms with van der Waals surface area (Å²) >= 11 is 0. The Morgan fingerprint density at radius 2 is 1.48 bits per heavy atom. The summed E-state index contributed by atoms with van der Waals surface area (Å²) in [6, 6.07) is 5.91. The molecule has 2 aliphatic rings. The molecule has 0 aliphatic carbocycles. The lowest BCUT2D eigenvalue weighted by Crippen LogP contribution is -2.50. The number of rotatable bonds is 7. The number of ether oxygens (including phenoxy) is 1. The van der Waals surface area contributed by atoms with E-state index in [1.807, 2.05) is 12.1 Å². The van der Waals surface area contributed by atoms with Crippen LogP contribution >= 0.6 is 0 Å². The van der Waals surface area contributed by atoms with Crippen molar-refractivity contribution in [3.8, 4) is 6.01 Å². The molecule has 2 saturated heterocycles. The van der Waals surface area contributed by atoms with Crippen LogP contribution in [-0.4, -0.2) is 113 Å². The first-order valence-corrected chi connectivity index (χ1v) is 10.6. The van der Waals surface area contributed by atoms with Crippen LogP contribution in [-0.2, 0) is 4.79 Å². The molecule has 2 fully saturated rings. The molecule has 2 aromatic rings. The number of amides is 1. The highest BCUT2D eigenvalue weighted by atomic mass is 16.5. The highest BCUT2D eigenvalue weighted by molar-refractivity contribution is 5.78. The van der Waals surface area contributed by atoms with Crippen molar-refractivity contribution in [1.29, 1.82) is 0 Å². The lowest BCUT2D eigenvalue weighted by Gasteiger charge is -2.36. The van der Waals surface area contributed by atoms with Crippen molar-refractivity contribution in [3.63, 3.8) is 0 Å². The number of aliphatic hydroxyl groups excluding tert-OH is 1. The number of hydrogen-bond donors (Lipinski definition) is 1. The second kappa shape index (κ2) is 10.3. The van der Waals surface area contributed by atoms with Gasteiger partial charge < -0.3 is 24.5 Å². The maximum Gasteiger partial charge on any atom is 0.316 e. The molecule has 0 spiro atoms. The predicted octanol–water partition coefficient (Wildman–Crippen LogP) is -0.891. The quantitative estimate of drug-likeness (QED) is 0.596. The van der Waals surface area contributed by atoms with Gasteiger partial charge in [-0.2, -0.15) is 0 Å². The topological polar surface area (TPSA) is 111 Å². The smallest absolute Gasteiger partial charge is 0.316 e. The summed E-state index contributed by atoms with van der Waals surface area (Å²) < 4.78 is 5.35. The number of carbonyl (C=O) groups is 1. The van der Waals surface area contributed by atoms with Crippen molar-refractivity contribution in [2.45, 2.75) is 0 Å². The number of hydrogen-bond acceptors (Lipinski definition) is 10. The van der Waals surface area contributed by atoms with E-state index < -0.39 is 0 Å². The fourth-order valence-electron chi connectivity index (χ4n) is 3.76. The van der Waals surface area contributed by atoms with Crippen LogP contribution in [0.25, 0.3) is 0 Å². The van der Waals surface area contributed by atoms with E-state index in [9.17, 15) is 4.79 Å². The second-order valence-electron chi connectivity index (χ2n) is 7.49. The predicted molar refractivity (Wildman–Crippen MR) is 114 cm³/mol. The van der Waals surface area contributed by atoms with Gasteiger partial charge in [-0.1, -0.05) is 0 Å². The summed E-state index contributed by atoms with van der Waals surface area (Å²) in [6.45, 7) is 7.05. The molecule has 0 atom stereocenters. The van der Waals surface area contributed by atoms with Gasteiger partial charge in [-0.25, -0.2) is 9.97 Å². The summed E-state index contributed by atoms with van der Waals surface area (Å²) in [5, 5.41) is 17.9. The van der Waals surface area contributed by atoms with Gasteiger partial charge in [0.1, 0.15) is 0 Å². The molecule has 4 heterocycles. The number of carbonyl (C=O) groups excluding carboxylic acids is 1. The van der Waals surface area contributed by atoms with Crippen LogP contribution in [0.3, 0.4) is 0 Å². The van der Waals surface area contributed by atoms with E-state index in [0.29, 0.717) is 26.2 Å². The number of nitrogens with zero attached hydrogens (tertiary/aromatic N) is 8. The van der Waals surface area contributed by atoms with Gasteiger partial charge in [0, 0.05) is 71.3 Å².